The first kappa shape index (κ1) is 27.6. The van der Waals surface area contributed by atoms with Crippen LogP contribution in [-0.4, -0.2) is 69.4 Å². The van der Waals surface area contributed by atoms with Gasteiger partial charge >= 0.3 is 23.9 Å². The van der Waals surface area contributed by atoms with Crippen LogP contribution >= 0.6 is 0 Å². The van der Waals surface area contributed by atoms with Crippen molar-refractivity contribution in [3.63, 3.8) is 0 Å². The fraction of sp³-hybridized carbons (Fsp3) is 0.600. The van der Waals surface area contributed by atoms with E-state index in [4.69, 9.17) is 14.2 Å². The fourth-order valence-electron chi connectivity index (χ4n) is 2.79. The summed E-state index contributed by atoms with van der Waals surface area (Å²) < 4.78 is 19.8. The van der Waals surface area contributed by atoms with Crippen molar-refractivity contribution in [2.75, 3.05) is 39.5 Å². The average molecular weight is 450 g/mol. The molecule has 0 aromatic heterocycles. The molecule has 1 saturated heterocycles. The molecule has 1 fully saturated rings. The van der Waals surface area contributed by atoms with Crippen molar-refractivity contribution in [3.8, 4) is 0 Å². The molecule has 1 unspecified atom stereocenters. The minimum atomic E-state index is -0.741. The molecule has 0 aromatic rings. The zero-order valence-corrected chi connectivity index (χ0v) is 18.2. The van der Waals surface area contributed by atoms with Crippen LogP contribution in [0.3, 0.4) is 0 Å². The zero-order chi connectivity index (χ0) is 21.5. The molecule has 0 spiro atoms. The normalized spacial score (nSPS) is 15.3. The van der Waals surface area contributed by atoms with Gasteiger partial charge in [0, 0.05) is 25.7 Å². The summed E-state index contributed by atoms with van der Waals surface area (Å²) in [5, 5.41) is 0. The van der Waals surface area contributed by atoms with Gasteiger partial charge < -0.3 is 36.3 Å². The molecule has 1 aliphatic rings. The number of piperidine rings is 1. The lowest BCUT2D eigenvalue weighted by molar-refractivity contribution is -0.907. The highest BCUT2D eigenvalue weighted by Crippen LogP contribution is 1.99. The number of carbonyl (C=O) groups excluding carboxylic acids is 4. The van der Waals surface area contributed by atoms with E-state index < -0.39 is 30.0 Å². The van der Waals surface area contributed by atoms with Crippen LogP contribution in [0.25, 0.3) is 0 Å². The van der Waals surface area contributed by atoms with Crippen LogP contribution in [-0.2, 0) is 38.1 Å². The molecule has 0 aliphatic carbocycles. The number of nitrogens with one attached hydrogen (secondary N) is 1. The van der Waals surface area contributed by atoms with Gasteiger partial charge in [0.15, 0.2) is 6.10 Å². The summed E-state index contributed by atoms with van der Waals surface area (Å²) in [6, 6.07) is 0. The third-order valence-electron chi connectivity index (χ3n) is 4.06. The highest BCUT2D eigenvalue weighted by molar-refractivity contribution is 5.92. The lowest BCUT2D eigenvalue weighted by Gasteiger charge is -2.27. The Kier molecular flexibility index (Phi) is 15.1. The molecule has 0 aromatic carbocycles. The topological polar surface area (TPSA) is 110 Å². The summed E-state index contributed by atoms with van der Waals surface area (Å²) >= 11 is 0. The molecule has 0 saturated carbocycles. The first-order valence-electron chi connectivity index (χ1n) is 9.85. The van der Waals surface area contributed by atoms with Crippen molar-refractivity contribution in [1.29, 1.82) is 0 Å². The highest BCUT2D eigenvalue weighted by atomic mass is 35.5. The van der Waals surface area contributed by atoms with E-state index in [1.165, 1.54) is 11.3 Å². The molecular formula is C20H32ClNO8. The fourth-order valence-corrected chi connectivity index (χ4v) is 2.79. The molecule has 0 bridgehead atoms. The number of carbonyl (C=O) groups is 4. The minimum absolute atomic E-state index is 0. The summed E-state index contributed by atoms with van der Waals surface area (Å²) in [5.74, 6) is -2.75. The molecular weight excluding hydrogens is 418 g/mol. The maximum Gasteiger partial charge on any atom is 0.331 e. The lowest BCUT2D eigenvalue weighted by Crippen LogP contribution is -3.14. The van der Waals surface area contributed by atoms with Crippen molar-refractivity contribution in [2.24, 2.45) is 0 Å². The maximum atomic E-state index is 12.0. The molecule has 0 amide bonds. The molecule has 1 rings (SSSR count). The van der Waals surface area contributed by atoms with Gasteiger partial charge in [0.1, 0.15) is 13.2 Å². The van der Waals surface area contributed by atoms with Crippen molar-refractivity contribution < 1.29 is 56.9 Å². The number of hydrogen-bond acceptors (Lipinski definition) is 8. The second-order valence-electron chi connectivity index (χ2n) is 6.37. The van der Waals surface area contributed by atoms with E-state index >= 15 is 0 Å². The highest BCUT2D eigenvalue weighted by Gasteiger charge is 2.23. The second-order valence-corrected chi connectivity index (χ2v) is 6.37. The van der Waals surface area contributed by atoms with Gasteiger partial charge in [-0.05, 0) is 33.1 Å². The lowest BCUT2D eigenvalue weighted by atomic mass is 10.1. The Bertz CT molecular complexity index is 620. The number of hydrogen-bond donors (Lipinski definition) is 1. The smallest absolute Gasteiger partial charge is 0.331 e. The zero-order valence-electron chi connectivity index (χ0n) is 17.4. The Morgan fingerprint density at radius 1 is 0.800 bits per heavy atom. The summed E-state index contributed by atoms with van der Waals surface area (Å²) in [6.45, 7) is 5.94. The van der Waals surface area contributed by atoms with E-state index in [1.807, 2.05) is 0 Å². The monoisotopic (exact) mass is 449 g/mol. The summed E-state index contributed by atoms with van der Waals surface area (Å²) in [4.78, 5) is 47.6. The predicted octanol–water partition coefficient (Wildman–Crippen LogP) is -3.00. The van der Waals surface area contributed by atoms with Gasteiger partial charge in [0.05, 0.1) is 26.3 Å². The Morgan fingerprint density at radius 3 is 1.77 bits per heavy atom. The van der Waals surface area contributed by atoms with E-state index in [1.54, 1.807) is 13.8 Å². The number of quaternary nitrogens is 1. The first-order valence-corrected chi connectivity index (χ1v) is 9.85. The predicted molar refractivity (Wildman–Crippen MR) is 104 cm³/mol. The molecule has 0 radical (unpaired) electrons. The van der Waals surface area contributed by atoms with Crippen molar-refractivity contribution >= 4 is 23.9 Å². The Labute approximate surface area is 184 Å². The quantitative estimate of drug-likeness (QED) is 0.202. The van der Waals surface area contributed by atoms with Gasteiger partial charge in [-0.25, -0.2) is 19.2 Å². The average Bonchev–Trinajstić information content (AvgIpc) is 2.70. The third-order valence-corrected chi connectivity index (χ3v) is 4.06. The Morgan fingerprint density at radius 2 is 1.27 bits per heavy atom. The van der Waals surface area contributed by atoms with Gasteiger partial charge in [0.2, 0.25) is 0 Å². The largest absolute Gasteiger partial charge is 1.00 e. The molecule has 9 nitrogen and oxygen atoms in total. The molecule has 10 heteroatoms. The third kappa shape index (κ3) is 12.9. The molecule has 1 N–H and O–H groups in total. The van der Waals surface area contributed by atoms with Crippen LogP contribution in [0.5, 0.6) is 0 Å². The number of ether oxygens (including phenoxy) is 4. The van der Waals surface area contributed by atoms with E-state index in [0.717, 1.165) is 50.2 Å². The van der Waals surface area contributed by atoms with Crippen molar-refractivity contribution in [3.05, 3.63) is 24.3 Å². The Balaban J connectivity index is 0. The van der Waals surface area contributed by atoms with Crippen molar-refractivity contribution in [1.82, 2.24) is 0 Å². The van der Waals surface area contributed by atoms with Gasteiger partial charge in [-0.2, -0.15) is 0 Å². The van der Waals surface area contributed by atoms with Crippen LogP contribution in [0.2, 0.25) is 0 Å². The molecule has 172 valence electrons. The number of esters is 4. The van der Waals surface area contributed by atoms with Gasteiger partial charge in [-0.1, -0.05) is 0 Å². The molecule has 1 aliphatic heterocycles. The number of halogens is 1. The SMILES string of the molecule is CCOC(=O)/C=C/C(=O)OCC(C[NH+]1CCCCC1)OC(=O)/C=C/C(=O)OCC.[Cl-].[HH]. The van der Waals surface area contributed by atoms with E-state index in [2.05, 4.69) is 4.74 Å². The van der Waals surface area contributed by atoms with Crippen LogP contribution in [0.15, 0.2) is 24.3 Å². The summed E-state index contributed by atoms with van der Waals surface area (Å²) in [6.07, 6.45) is 6.58. The first-order chi connectivity index (χ1) is 13.9. The van der Waals surface area contributed by atoms with E-state index in [-0.39, 0.29) is 33.7 Å². The summed E-state index contributed by atoms with van der Waals surface area (Å²) in [7, 11) is 0. The Hall–Kier alpha value is -2.39. The number of rotatable bonds is 11. The van der Waals surface area contributed by atoms with Gasteiger partial charge in [0.25, 0.3) is 0 Å². The molecule has 1 heterocycles. The standard InChI is InChI=1S/C20H29NO8.ClH.H2/c1-3-26-17(22)8-9-19(24)28-15-16(14-21-12-6-5-7-13-21)29-20(25)11-10-18(23)27-4-2;;/h8-11,16H,3-7,12-15H2,1-2H3;2*1H/b9-8+,11-10+;;. The molecule has 30 heavy (non-hydrogen) atoms. The van der Waals surface area contributed by atoms with E-state index in [0.29, 0.717) is 6.54 Å². The van der Waals surface area contributed by atoms with Crippen LogP contribution < -0.4 is 17.3 Å². The van der Waals surface area contributed by atoms with E-state index in [9.17, 15) is 19.2 Å². The van der Waals surface area contributed by atoms with Crippen LogP contribution in [0.1, 0.15) is 34.5 Å². The van der Waals surface area contributed by atoms with Gasteiger partial charge in [-0.3, -0.25) is 0 Å². The molecule has 1 atom stereocenters. The van der Waals surface area contributed by atoms with Crippen molar-refractivity contribution in [2.45, 2.75) is 39.2 Å². The summed E-state index contributed by atoms with van der Waals surface area (Å²) in [5.41, 5.74) is 0. The van der Waals surface area contributed by atoms with Crippen LogP contribution in [0.4, 0.5) is 0 Å². The second kappa shape index (κ2) is 16.4. The number of likely N-dealkylation sites (tertiary alicyclic amines) is 1. The van der Waals surface area contributed by atoms with Crippen LogP contribution in [0, 0.1) is 0 Å². The minimum Gasteiger partial charge on any atom is -1.00 e. The maximum absolute atomic E-state index is 12.0. The van der Waals surface area contributed by atoms with Gasteiger partial charge in [-0.15, -0.1) is 0 Å².